The van der Waals surface area contributed by atoms with Crippen LogP contribution in [0.1, 0.15) is 66.7 Å². The molecular weight excluding hydrogens is 290 g/mol. The molecule has 1 aliphatic heterocycles. The maximum atomic E-state index is 12.1. The number of carbonyl (C=O) groups excluding carboxylic acids is 1. The molecule has 1 saturated heterocycles. The summed E-state index contributed by atoms with van der Waals surface area (Å²) < 4.78 is 10.5. The van der Waals surface area contributed by atoms with Gasteiger partial charge in [-0.2, -0.15) is 0 Å². The fourth-order valence-corrected chi connectivity index (χ4v) is 3.55. The zero-order chi connectivity index (χ0) is 17.5. The molecule has 2 rings (SSSR count). The Labute approximate surface area is 142 Å². The van der Waals surface area contributed by atoms with E-state index in [0.717, 1.165) is 25.9 Å². The van der Waals surface area contributed by atoms with E-state index in [1.165, 1.54) is 19.3 Å². The summed E-state index contributed by atoms with van der Waals surface area (Å²) in [6, 6.07) is 0. The van der Waals surface area contributed by atoms with Gasteiger partial charge in [0.15, 0.2) is 0 Å². The number of hydrogen-bond acceptors (Lipinski definition) is 3. The van der Waals surface area contributed by atoms with E-state index in [2.05, 4.69) is 6.08 Å². The van der Waals surface area contributed by atoms with Crippen LogP contribution in [-0.2, 0) is 9.47 Å². The van der Waals surface area contributed by atoms with Gasteiger partial charge in [0.1, 0.15) is 5.60 Å². The van der Waals surface area contributed by atoms with Crippen molar-refractivity contribution in [3.05, 3.63) is 12.3 Å². The second-order valence-electron chi connectivity index (χ2n) is 7.53. The van der Waals surface area contributed by atoms with E-state index in [-0.39, 0.29) is 6.09 Å². The van der Waals surface area contributed by atoms with Crippen LogP contribution >= 0.6 is 0 Å². The van der Waals surface area contributed by atoms with Gasteiger partial charge in [-0.15, -0.1) is 0 Å². The molecule has 1 saturated carbocycles. The van der Waals surface area contributed by atoms with Gasteiger partial charge in [-0.05, 0) is 70.3 Å². The fraction of sp³-hybridized carbons (Fsp3) is 0.842. The molecule has 1 heterocycles. The molecule has 0 N–H and O–H groups in total. The van der Waals surface area contributed by atoms with Gasteiger partial charge < -0.3 is 14.4 Å². The van der Waals surface area contributed by atoms with Gasteiger partial charge in [0.25, 0.3) is 0 Å². The summed E-state index contributed by atoms with van der Waals surface area (Å²) >= 11 is 0. The second-order valence-corrected chi connectivity index (χ2v) is 7.53. The predicted octanol–water partition coefficient (Wildman–Crippen LogP) is 4.99. The summed E-state index contributed by atoms with van der Waals surface area (Å²) in [4.78, 5) is 14.0. The number of carbonyl (C=O) groups is 1. The molecular formula is C19H35NO3. The monoisotopic (exact) mass is 325 g/mol. The Bertz CT molecular complexity index is 390. The van der Waals surface area contributed by atoms with Crippen LogP contribution in [0.15, 0.2) is 12.3 Å². The Morgan fingerprint density at radius 1 is 1.17 bits per heavy atom. The maximum absolute atomic E-state index is 12.1. The van der Waals surface area contributed by atoms with E-state index in [0.29, 0.717) is 11.3 Å². The van der Waals surface area contributed by atoms with Gasteiger partial charge in [-0.25, -0.2) is 4.79 Å². The van der Waals surface area contributed by atoms with Crippen molar-refractivity contribution >= 4 is 6.09 Å². The average Bonchev–Trinajstić information content (AvgIpc) is 2.89. The summed E-state index contributed by atoms with van der Waals surface area (Å²) in [5, 5.41) is 0. The van der Waals surface area contributed by atoms with Crippen molar-refractivity contribution < 1.29 is 14.3 Å². The smallest absolute Gasteiger partial charge is 0.410 e. The van der Waals surface area contributed by atoms with Gasteiger partial charge in [0, 0.05) is 13.1 Å². The first kappa shape index (κ1) is 19.9. The number of ether oxygens (including phenoxy) is 2. The minimum atomic E-state index is -0.407. The third-order valence-electron chi connectivity index (χ3n) is 4.70. The zero-order valence-electron chi connectivity index (χ0n) is 15.9. The van der Waals surface area contributed by atoms with Gasteiger partial charge in [0.05, 0.1) is 13.4 Å². The molecule has 2 fully saturated rings. The number of methoxy groups -OCH3 is 1. The normalized spacial score (nSPS) is 23.6. The summed E-state index contributed by atoms with van der Waals surface area (Å²) in [6.07, 6.45) is 9.78. The number of allylic oxidation sites excluding steroid dienone is 1. The lowest BCUT2D eigenvalue weighted by atomic mass is 9.76. The standard InChI is InChI=1S/C17H29NO3.C2H6/c1-16(2,3)21-15(19)18-10-8-17(9-11-18)7-5-14(13-17)6-12-20-4;1-2/h6,12,14H,5,7-11,13H2,1-4H3;1-2H3/b12-6+;. The number of piperidine rings is 1. The quantitative estimate of drug-likeness (QED) is 0.671. The van der Waals surface area contributed by atoms with Crippen LogP contribution in [0.4, 0.5) is 4.79 Å². The van der Waals surface area contributed by atoms with Crippen LogP contribution in [0.5, 0.6) is 0 Å². The van der Waals surface area contributed by atoms with E-state index in [1.54, 1.807) is 13.4 Å². The molecule has 2 aliphatic rings. The molecule has 0 radical (unpaired) electrons. The summed E-state index contributed by atoms with van der Waals surface area (Å²) in [6.45, 7) is 11.4. The van der Waals surface area contributed by atoms with E-state index in [1.807, 2.05) is 39.5 Å². The highest BCUT2D eigenvalue weighted by molar-refractivity contribution is 5.68. The summed E-state index contributed by atoms with van der Waals surface area (Å²) in [7, 11) is 1.69. The number of nitrogens with zero attached hydrogens (tertiary/aromatic N) is 1. The van der Waals surface area contributed by atoms with Crippen molar-refractivity contribution in [2.24, 2.45) is 11.3 Å². The molecule has 1 atom stereocenters. The lowest BCUT2D eigenvalue weighted by Gasteiger charge is -2.39. The van der Waals surface area contributed by atoms with Crippen molar-refractivity contribution in [1.29, 1.82) is 0 Å². The third-order valence-corrected chi connectivity index (χ3v) is 4.70. The first-order valence-electron chi connectivity index (χ1n) is 9.01. The Morgan fingerprint density at radius 2 is 1.78 bits per heavy atom. The molecule has 0 aromatic carbocycles. The van der Waals surface area contributed by atoms with Crippen molar-refractivity contribution in [1.82, 2.24) is 4.90 Å². The first-order valence-corrected chi connectivity index (χ1v) is 9.01. The molecule has 4 heteroatoms. The van der Waals surface area contributed by atoms with Gasteiger partial charge in [-0.1, -0.05) is 13.8 Å². The van der Waals surface area contributed by atoms with Crippen LogP contribution in [0.2, 0.25) is 0 Å². The highest BCUT2D eigenvalue weighted by Gasteiger charge is 2.41. The van der Waals surface area contributed by atoms with Crippen LogP contribution in [-0.4, -0.2) is 36.8 Å². The number of rotatable bonds is 2. The van der Waals surface area contributed by atoms with Crippen molar-refractivity contribution in [3.8, 4) is 0 Å². The Morgan fingerprint density at radius 3 is 2.30 bits per heavy atom. The van der Waals surface area contributed by atoms with Crippen molar-refractivity contribution in [3.63, 3.8) is 0 Å². The first-order chi connectivity index (χ1) is 10.8. The highest BCUT2D eigenvalue weighted by atomic mass is 16.6. The minimum Gasteiger partial charge on any atom is -0.505 e. The van der Waals surface area contributed by atoms with Crippen LogP contribution < -0.4 is 0 Å². The largest absolute Gasteiger partial charge is 0.505 e. The van der Waals surface area contributed by atoms with E-state index < -0.39 is 5.60 Å². The van der Waals surface area contributed by atoms with Gasteiger partial charge >= 0.3 is 6.09 Å². The fourth-order valence-electron chi connectivity index (χ4n) is 3.55. The molecule has 134 valence electrons. The Balaban J connectivity index is 0.00000127. The molecule has 0 aromatic heterocycles. The molecule has 0 aromatic rings. The highest BCUT2D eigenvalue weighted by Crippen LogP contribution is 2.49. The van der Waals surface area contributed by atoms with Crippen LogP contribution in [0, 0.1) is 11.3 Å². The number of likely N-dealkylation sites (tertiary alicyclic amines) is 1. The van der Waals surface area contributed by atoms with Crippen LogP contribution in [0.25, 0.3) is 0 Å². The van der Waals surface area contributed by atoms with Gasteiger partial charge in [0.2, 0.25) is 0 Å². The molecule has 4 nitrogen and oxygen atoms in total. The molecule has 0 bridgehead atoms. The van der Waals surface area contributed by atoms with E-state index in [9.17, 15) is 4.79 Å². The average molecular weight is 325 g/mol. The minimum absolute atomic E-state index is 0.161. The summed E-state index contributed by atoms with van der Waals surface area (Å²) in [5.41, 5.74) is 0.0247. The molecule has 1 spiro atoms. The number of amides is 1. The Kier molecular flexibility index (Phi) is 7.43. The van der Waals surface area contributed by atoms with Gasteiger partial charge in [-0.3, -0.25) is 0 Å². The zero-order valence-corrected chi connectivity index (χ0v) is 15.9. The van der Waals surface area contributed by atoms with Crippen molar-refractivity contribution in [2.45, 2.75) is 72.3 Å². The summed E-state index contributed by atoms with van der Waals surface area (Å²) in [5.74, 6) is 0.637. The lowest BCUT2D eigenvalue weighted by molar-refractivity contribution is 0.0104. The van der Waals surface area contributed by atoms with Crippen LogP contribution in [0.3, 0.4) is 0 Å². The molecule has 1 aliphatic carbocycles. The predicted molar refractivity (Wildman–Crippen MR) is 94.3 cm³/mol. The number of hydrogen-bond donors (Lipinski definition) is 0. The van der Waals surface area contributed by atoms with Crippen molar-refractivity contribution in [2.75, 3.05) is 20.2 Å². The van der Waals surface area contributed by atoms with E-state index >= 15 is 0 Å². The topological polar surface area (TPSA) is 38.8 Å². The molecule has 1 amide bonds. The lowest BCUT2D eigenvalue weighted by Crippen LogP contribution is -2.44. The third kappa shape index (κ3) is 6.08. The Hall–Kier alpha value is -1.19. The molecule has 23 heavy (non-hydrogen) atoms. The molecule has 1 unspecified atom stereocenters. The van der Waals surface area contributed by atoms with E-state index in [4.69, 9.17) is 9.47 Å². The maximum Gasteiger partial charge on any atom is 0.410 e. The second kappa shape index (κ2) is 8.60. The SMILES string of the molecule is CC.CO/C=C/C1CCC2(CCN(C(=O)OC(C)(C)C)CC2)C1.